The molecule has 1 atom stereocenters. The number of benzene rings is 2. The minimum atomic E-state index is -0.951. The van der Waals surface area contributed by atoms with Gasteiger partial charge in [0.15, 0.2) is 6.10 Å². The average molecular weight is 352 g/mol. The molecule has 2 rings (SSSR count). The zero-order valence-corrected chi connectivity index (χ0v) is 14.7. The van der Waals surface area contributed by atoms with Crippen LogP contribution in [-0.2, 0) is 14.3 Å². The lowest BCUT2D eigenvalue weighted by molar-refractivity contribution is -0.153. The number of ether oxygens (including phenoxy) is 2. The van der Waals surface area contributed by atoms with E-state index in [0.717, 1.165) is 5.56 Å². The normalized spacial score (nSPS) is 11.1. The summed E-state index contributed by atoms with van der Waals surface area (Å²) in [4.78, 5) is 23.9. The molecule has 0 aliphatic heterocycles. The molecule has 0 fully saturated rings. The van der Waals surface area contributed by atoms with Crippen molar-refractivity contribution in [2.24, 2.45) is 0 Å². The first-order valence-electron chi connectivity index (χ1n) is 8.18. The van der Waals surface area contributed by atoms with Gasteiger partial charge >= 0.3 is 5.97 Å². The average Bonchev–Trinajstić information content (AvgIpc) is 2.63. The number of nitrogens with one attached hydrogen (secondary N) is 1. The Labute approximate surface area is 152 Å². The van der Waals surface area contributed by atoms with E-state index in [1.807, 2.05) is 37.3 Å². The molecule has 0 aliphatic carbocycles. The highest BCUT2D eigenvalue weighted by molar-refractivity contribution is 5.95. The van der Waals surface area contributed by atoms with Crippen molar-refractivity contribution < 1.29 is 19.1 Å². The van der Waals surface area contributed by atoms with Gasteiger partial charge < -0.3 is 14.8 Å². The Morgan fingerprint density at radius 3 is 2.62 bits per heavy atom. The summed E-state index contributed by atoms with van der Waals surface area (Å²) >= 11 is 0. The predicted octanol–water partition coefficient (Wildman–Crippen LogP) is 3.21. The van der Waals surface area contributed by atoms with Crippen LogP contribution < -0.4 is 10.1 Å². The van der Waals surface area contributed by atoms with Crippen molar-refractivity contribution in [3.63, 3.8) is 0 Å². The van der Waals surface area contributed by atoms with Gasteiger partial charge in [-0.1, -0.05) is 23.8 Å². The van der Waals surface area contributed by atoms with Gasteiger partial charge in [-0.2, -0.15) is 5.26 Å². The van der Waals surface area contributed by atoms with E-state index in [1.165, 1.54) is 6.92 Å². The first kappa shape index (κ1) is 19.0. The van der Waals surface area contributed by atoms with Gasteiger partial charge in [-0.15, -0.1) is 0 Å². The molecule has 1 N–H and O–H groups in total. The van der Waals surface area contributed by atoms with E-state index in [2.05, 4.69) is 5.32 Å². The summed E-state index contributed by atoms with van der Waals surface area (Å²) < 4.78 is 10.6. The van der Waals surface area contributed by atoms with Crippen LogP contribution in [0.25, 0.3) is 0 Å². The number of esters is 1. The maximum absolute atomic E-state index is 12.1. The minimum Gasteiger partial charge on any atom is -0.493 e. The van der Waals surface area contributed by atoms with Crippen molar-refractivity contribution in [1.29, 1.82) is 5.26 Å². The molecule has 134 valence electrons. The van der Waals surface area contributed by atoms with Crippen LogP contribution in [0.4, 0.5) is 5.69 Å². The third-order valence-corrected chi connectivity index (χ3v) is 3.53. The van der Waals surface area contributed by atoms with E-state index in [4.69, 9.17) is 14.7 Å². The van der Waals surface area contributed by atoms with E-state index in [0.29, 0.717) is 17.0 Å². The van der Waals surface area contributed by atoms with Gasteiger partial charge in [0, 0.05) is 5.69 Å². The van der Waals surface area contributed by atoms with Crippen molar-refractivity contribution >= 4 is 17.6 Å². The summed E-state index contributed by atoms with van der Waals surface area (Å²) in [5.74, 6) is -0.315. The molecular weight excluding hydrogens is 332 g/mol. The van der Waals surface area contributed by atoms with E-state index < -0.39 is 18.0 Å². The molecule has 1 amide bonds. The van der Waals surface area contributed by atoms with Crippen LogP contribution in [0.1, 0.15) is 24.5 Å². The Hall–Kier alpha value is -3.33. The number of carbonyl (C=O) groups is 2. The number of nitrogens with zero attached hydrogens (tertiary/aromatic N) is 1. The molecule has 2 aromatic rings. The molecular formula is C20H20N2O4. The van der Waals surface area contributed by atoms with Crippen molar-refractivity contribution in [1.82, 2.24) is 0 Å². The van der Waals surface area contributed by atoms with Crippen LogP contribution in [-0.4, -0.2) is 24.6 Å². The largest absolute Gasteiger partial charge is 0.493 e. The molecule has 0 saturated carbocycles. The molecule has 26 heavy (non-hydrogen) atoms. The summed E-state index contributed by atoms with van der Waals surface area (Å²) in [5, 5.41) is 11.5. The highest BCUT2D eigenvalue weighted by Gasteiger charge is 2.18. The number of amides is 1. The third-order valence-electron chi connectivity index (χ3n) is 3.53. The molecule has 6 nitrogen and oxygen atoms in total. The number of anilines is 1. The van der Waals surface area contributed by atoms with Gasteiger partial charge in [-0.25, -0.2) is 0 Å². The minimum absolute atomic E-state index is 0.0371. The van der Waals surface area contributed by atoms with Crippen LogP contribution in [0.15, 0.2) is 48.5 Å². The topological polar surface area (TPSA) is 88.4 Å². The summed E-state index contributed by atoms with van der Waals surface area (Å²) in [7, 11) is 0. The highest BCUT2D eigenvalue weighted by atomic mass is 16.5. The van der Waals surface area contributed by atoms with Crippen molar-refractivity contribution in [2.75, 3.05) is 11.9 Å². The van der Waals surface area contributed by atoms with E-state index in [9.17, 15) is 9.59 Å². The number of rotatable bonds is 7. The van der Waals surface area contributed by atoms with Crippen LogP contribution >= 0.6 is 0 Å². The third kappa shape index (κ3) is 5.95. The van der Waals surface area contributed by atoms with Gasteiger partial charge in [-0.3, -0.25) is 9.59 Å². The second kappa shape index (κ2) is 9.23. The molecule has 0 bridgehead atoms. The maximum atomic E-state index is 12.1. The zero-order chi connectivity index (χ0) is 18.9. The van der Waals surface area contributed by atoms with Crippen LogP contribution in [0.3, 0.4) is 0 Å². The first-order valence-corrected chi connectivity index (χ1v) is 8.18. The lowest BCUT2D eigenvalue weighted by Crippen LogP contribution is -2.30. The SMILES string of the molecule is Cc1ccc(OCCC(=O)OC(C)C(=O)Nc2cccc(C#N)c2)cc1. The fourth-order valence-corrected chi connectivity index (χ4v) is 2.11. The van der Waals surface area contributed by atoms with Crippen molar-refractivity contribution in [2.45, 2.75) is 26.4 Å². The maximum Gasteiger partial charge on any atom is 0.310 e. The number of nitriles is 1. The number of aryl methyl sites for hydroxylation is 1. The monoisotopic (exact) mass is 352 g/mol. The lowest BCUT2D eigenvalue weighted by atomic mass is 10.2. The van der Waals surface area contributed by atoms with Crippen molar-refractivity contribution in [3.05, 3.63) is 59.7 Å². The van der Waals surface area contributed by atoms with E-state index in [-0.39, 0.29) is 13.0 Å². The van der Waals surface area contributed by atoms with Gasteiger partial charge in [0.2, 0.25) is 0 Å². The van der Waals surface area contributed by atoms with Crippen LogP contribution in [0.5, 0.6) is 5.75 Å². The van der Waals surface area contributed by atoms with Crippen molar-refractivity contribution in [3.8, 4) is 11.8 Å². The predicted molar refractivity (Wildman–Crippen MR) is 96.6 cm³/mol. The Kier molecular flexibility index (Phi) is 6.75. The first-order chi connectivity index (χ1) is 12.5. The molecule has 1 unspecified atom stereocenters. The quantitative estimate of drug-likeness (QED) is 0.773. The molecule has 6 heteroatoms. The van der Waals surface area contributed by atoms with Gasteiger partial charge in [0.05, 0.1) is 24.7 Å². The number of hydrogen-bond acceptors (Lipinski definition) is 5. The van der Waals surface area contributed by atoms with E-state index >= 15 is 0 Å². The van der Waals surface area contributed by atoms with Crippen LogP contribution in [0.2, 0.25) is 0 Å². The van der Waals surface area contributed by atoms with Gasteiger partial charge in [-0.05, 0) is 44.2 Å². The zero-order valence-electron chi connectivity index (χ0n) is 14.7. The molecule has 0 aliphatic rings. The second-order valence-electron chi connectivity index (χ2n) is 5.73. The summed E-state index contributed by atoms with van der Waals surface area (Å²) in [6, 6.07) is 16.0. The molecule has 2 aromatic carbocycles. The van der Waals surface area contributed by atoms with Gasteiger partial charge in [0.1, 0.15) is 5.75 Å². The Morgan fingerprint density at radius 1 is 1.19 bits per heavy atom. The Morgan fingerprint density at radius 2 is 1.92 bits per heavy atom. The van der Waals surface area contributed by atoms with Gasteiger partial charge in [0.25, 0.3) is 5.91 Å². The Balaban J connectivity index is 1.75. The highest BCUT2D eigenvalue weighted by Crippen LogP contribution is 2.12. The molecule has 0 aromatic heterocycles. The second-order valence-corrected chi connectivity index (χ2v) is 5.73. The fourth-order valence-electron chi connectivity index (χ4n) is 2.11. The number of hydrogen-bond donors (Lipinski definition) is 1. The Bertz CT molecular complexity index is 809. The van der Waals surface area contributed by atoms with Crippen LogP contribution in [0, 0.1) is 18.3 Å². The molecule has 0 spiro atoms. The standard InChI is InChI=1S/C20H20N2O4/c1-14-6-8-18(9-7-14)25-11-10-19(23)26-15(2)20(24)22-17-5-3-4-16(12-17)13-21/h3-9,12,15H,10-11H2,1-2H3,(H,22,24). The number of carbonyl (C=O) groups excluding carboxylic acids is 2. The molecule has 0 heterocycles. The smallest absolute Gasteiger partial charge is 0.310 e. The summed E-state index contributed by atoms with van der Waals surface area (Å²) in [6.45, 7) is 3.63. The summed E-state index contributed by atoms with van der Waals surface area (Å²) in [5.41, 5.74) is 2.03. The summed E-state index contributed by atoms with van der Waals surface area (Å²) in [6.07, 6.45) is -0.914. The molecule has 0 radical (unpaired) electrons. The van der Waals surface area contributed by atoms with E-state index in [1.54, 1.807) is 24.3 Å². The lowest BCUT2D eigenvalue weighted by Gasteiger charge is -2.14. The fraction of sp³-hybridized carbons (Fsp3) is 0.250. The molecule has 0 saturated heterocycles.